The van der Waals surface area contributed by atoms with Crippen LogP contribution in [0.5, 0.6) is 0 Å². The van der Waals surface area contributed by atoms with Crippen LogP contribution in [0.15, 0.2) is 12.4 Å². The molecule has 1 aliphatic carbocycles. The van der Waals surface area contributed by atoms with E-state index < -0.39 is 0 Å². The molecule has 1 saturated carbocycles. The Labute approximate surface area is 117 Å². The van der Waals surface area contributed by atoms with Crippen molar-refractivity contribution in [3.63, 3.8) is 0 Å². The number of hydrogen-bond acceptors (Lipinski definition) is 2. The number of aliphatic hydroxyl groups excluding tert-OH is 1. The van der Waals surface area contributed by atoms with Crippen LogP contribution in [-0.4, -0.2) is 14.9 Å². The van der Waals surface area contributed by atoms with E-state index in [1.54, 1.807) is 0 Å². The summed E-state index contributed by atoms with van der Waals surface area (Å²) in [7, 11) is 0. The molecule has 1 aromatic rings. The molecule has 108 valence electrons. The molecule has 1 N–H and O–H groups in total. The molecular formula is C16H28N2O. The summed E-state index contributed by atoms with van der Waals surface area (Å²) in [5.41, 5.74) is 1.10. The van der Waals surface area contributed by atoms with Gasteiger partial charge in [0.25, 0.3) is 0 Å². The van der Waals surface area contributed by atoms with Gasteiger partial charge in [-0.1, -0.05) is 33.6 Å². The van der Waals surface area contributed by atoms with Crippen LogP contribution in [-0.2, 0) is 6.54 Å². The lowest BCUT2D eigenvalue weighted by Gasteiger charge is -2.35. The van der Waals surface area contributed by atoms with Gasteiger partial charge in [0, 0.05) is 23.7 Å². The fourth-order valence-electron chi connectivity index (χ4n) is 3.71. The summed E-state index contributed by atoms with van der Waals surface area (Å²) in [6.07, 6.45) is 10.6. The molecule has 1 atom stereocenters. The maximum absolute atomic E-state index is 10.8. The topological polar surface area (TPSA) is 38.0 Å². The van der Waals surface area contributed by atoms with Crippen LogP contribution in [0.2, 0.25) is 0 Å². The van der Waals surface area contributed by atoms with E-state index >= 15 is 0 Å². The van der Waals surface area contributed by atoms with Crippen LogP contribution in [0.1, 0.15) is 71.0 Å². The molecule has 0 spiro atoms. The first-order chi connectivity index (χ1) is 9.07. The largest absolute Gasteiger partial charge is 0.388 e. The molecule has 1 aliphatic rings. The van der Waals surface area contributed by atoms with Gasteiger partial charge in [-0.2, -0.15) is 5.10 Å². The van der Waals surface area contributed by atoms with Gasteiger partial charge in [0.15, 0.2) is 0 Å². The van der Waals surface area contributed by atoms with E-state index in [4.69, 9.17) is 0 Å². The summed E-state index contributed by atoms with van der Waals surface area (Å²) in [5, 5.41) is 15.2. The summed E-state index contributed by atoms with van der Waals surface area (Å²) in [6.45, 7) is 7.60. The van der Waals surface area contributed by atoms with Crippen LogP contribution >= 0.6 is 0 Å². The molecule has 0 bridgehead atoms. The minimum absolute atomic E-state index is 0.0915. The van der Waals surface area contributed by atoms with Gasteiger partial charge in [0.05, 0.1) is 12.3 Å². The maximum atomic E-state index is 10.8. The summed E-state index contributed by atoms with van der Waals surface area (Å²) in [6, 6.07) is 0. The second-order valence-corrected chi connectivity index (χ2v) is 6.61. The Morgan fingerprint density at radius 2 is 2.05 bits per heavy atom. The summed E-state index contributed by atoms with van der Waals surface area (Å²) in [5.74, 6) is 0.637. The third-order valence-electron chi connectivity index (χ3n) is 4.42. The number of nitrogens with zero attached hydrogens (tertiary/aromatic N) is 2. The predicted octanol–water partition coefficient (Wildman–Crippen LogP) is 3.93. The lowest BCUT2D eigenvalue weighted by molar-refractivity contribution is 0.0111. The molecule has 0 radical (unpaired) electrons. The van der Waals surface area contributed by atoms with E-state index in [-0.39, 0.29) is 11.5 Å². The van der Waals surface area contributed by atoms with Crippen molar-refractivity contribution in [2.45, 2.75) is 71.9 Å². The van der Waals surface area contributed by atoms with Crippen molar-refractivity contribution in [1.82, 2.24) is 9.78 Å². The number of aliphatic hydroxyl groups is 1. The highest BCUT2D eigenvalue weighted by molar-refractivity contribution is 5.13. The molecule has 0 aliphatic heterocycles. The Hall–Kier alpha value is -0.830. The second-order valence-electron chi connectivity index (χ2n) is 6.61. The van der Waals surface area contributed by atoms with Crippen LogP contribution in [0.3, 0.4) is 0 Å². The second kappa shape index (κ2) is 6.08. The first kappa shape index (κ1) is 14.6. The first-order valence-corrected chi connectivity index (χ1v) is 7.78. The molecule has 3 nitrogen and oxygen atoms in total. The van der Waals surface area contributed by atoms with Crippen molar-refractivity contribution in [1.29, 1.82) is 0 Å². The lowest BCUT2D eigenvalue weighted by Crippen LogP contribution is -2.27. The summed E-state index contributed by atoms with van der Waals surface area (Å²) < 4.78 is 1.95. The number of aryl methyl sites for hydroxylation is 1. The molecule has 19 heavy (non-hydrogen) atoms. The van der Waals surface area contributed by atoms with Gasteiger partial charge in [-0.3, -0.25) is 4.68 Å². The zero-order valence-corrected chi connectivity index (χ0v) is 12.6. The van der Waals surface area contributed by atoms with Crippen molar-refractivity contribution < 1.29 is 5.11 Å². The van der Waals surface area contributed by atoms with Crippen molar-refractivity contribution >= 4 is 0 Å². The van der Waals surface area contributed by atoms with Crippen LogP contribution in [0, 0.1) is 11.3 Å². The smallest absolute Gasteiger partial charge is 0.0876 e. The minimum Gasteiger partial charge on any atom is -0.388 e. The first-order valence-electron chi connectivity index (χ1n) is 7.78. The third kappa shape index (κ3) is 3.19. The zero-order chi connectivity index (χ0) is 13.9. The molecule has 1 fully saturated rings. The molecule has 2 rings (SSSR count). The minimum atomic E-state index is -0.344. The van der Waals surface area contributed by atoms with E-state index in [1.807, 2.05) is 17.1 Å². The molecule has 1 heterocycles. The average Bonchev–Trinajstić information content (AvgIpc) is 2.98. The van der Waals surface area contributed by atoms with Crippen molar-refractivity contribution in [2.75, 3.05) is 0 Å². The Kier molecular flexibility index (Phi) is 4.67. The molecule has 1 unspecified atom stereocenters. The Bertz CT molecular complexity index is 391. The maximum Gasteiger partial charge on any atom is 0.0876 e. The van der Waals surface area contributed by atoms with Crippen molar-refractivity contribution in [3.05, 3.63) is 18.0 Å². The van der Waals surface area contributed by atoms with Gasteiger partial charge < -0.3 is 5.11 Å². The molecule has 1 aromatic heterocycles. The highest BCUT2D eigenvalue weighted by Gasteiger charge is 2.41. The third-order valence-corrected chi connectivity index (χ3v) is 4.42. The van der Waals surface area contributed by atoms with Gasteiger partial charge in [-0.05, 0) is 31.6 Å². The Morgan fingerprint density at radius 1 is 1.37 bits per heavy atom. The molecular weight excluding hydrogens is 236 g/mol. The van der Waals surface area contributed by atoms with E-state index in [2.05, 4.69) is 25.9 Å². The van der Waals surface area contributed by atoms with E-state index in [0.29, 0.717) is 5.92 Å². The van der Waals surface area contributed by atoms with E-state index in [0.717, 1.165) is 37.8 Å². The van der Waals surface area contributed by atoms with Gasteiger partial charge >= 0.3 is 0 Å². The SMILES string of the molecule is CCCn1cc(C(O)C2(CC(C)C)CCCC2)cn1. The monoisotopic (exact) mass is 264 g/mol. The van der Waals surface area contributed by atoms with E-state index in [1.165, 1.54) is 12.8 Å². The lowest BCUT2D eigenvalue weighted by atomic mass is 9.72. The molecule has 3 heteroatoms. The standard InChI is InChI=1S/C16H28N2O/c1-4-9-18-12-14(11-17-18)15(19)16(10-13(2)3)7-5-6-8-16/h11-13,15,19H,4-10H2,1-3H3. The van der Waals surface area contributed by atoms with Gasteiger partial charge in [0.1, 0.15) is 0 Å². The Balaban J connectivity index is 2.16. The van der Waals surface area contributed by atoms with E-state index in [9.17, 15) is 5.11 Å². The van der Waals surface area contributed by atoms with Crippen LogP contribution in [0.25, 0.3) is 0 Å². The molecule has 0 aromatic carbocycles. The quantitative estimate of drug-likeness (QED) is 0.845. The normalized spacial score (nSPS) is 20.1. The van der Waals surface area contributed by atoms with Crippen LogP contribution < -0.4 is 0 Å². The average molecular weight is 264 g/mol. The molecule has 0 saturated heterocycles. The predicted molar refractivity (Wildman–Crippen MR) is 77.8 cm³/mol. The fraction of sp³-hybridized carbons (Fsp3) is 0.812. The number of rotatable bonds is 6. The number of aromatic nitrogens is 2. The van der Waals surface area contributed by atoms with Crippen LogP contribution in [0.4, 0.5) is 0 Å². The van der Waals surface area contributed by atoms with Gasteiger partial charge in [0.2, 0.25) is 0 Å². The zero-order valence-electron chi connectivity index (χ0n) is 12.6. The summed E-state index contributed by atoms with van der Waals surface area (Å²) in [4.78, 5) is 0. The highest BCUT2D eigenvalue weighted by atomic mass is 16.3. The number of hydrogen-bond donors (Lipinski definition) is 1. The Morgan fingerprint density at radius 3 is 2.63 bits per heavy atom. The molecule has 0 amide bonds. The van der Waals surface area contributed by atoms with Crippen molar-refractivity contribution in [2.24, 2.45) is 11.3 Å². The van der Waals surface area contributed by atoms with Crippen molar-refractivity contribution in [3.8, 4) is 0 Å². The fourth-order valence-corrected chi connectivity index (χ4v) is 3.71. The van der Waals surface area contributed by atoms with Gasteiger partial charge in [-0.25, -0.2) is 0 Å². The summed E-state index contributed by atoms with van der Waals surface area (Å²) >= 11 is 0. The van der Waals surface area contributed by atoms with Gasteiger partial charge in [-0.15, -0.1) is 0 Å². The highest BCUT2D eigenvalue weighted by Crippen LogP contribution is 2.51.